The molecular weight excluding hydrogens is 207 g/mol. The summed E-state index contributed by atoms with van der Waals surface area (Å²) in [7, 11) is 0. The van der Waals surface area contributed by atoms with Gasteiger partial charge in [0.2, 0.25) is 6.36 Å². The summed E-state index contributed by atoms with van der Waals surface area (Å²) in [5, 5.41) is 0. The summed E-state index contributed by atoms with van der Waals surface area (Å²) in [6.45, 7) is 2.35. The lowest BCUT2D eigenvalue weighted by atomic mass is 10.1. The number of carbonyl (C=O) groups excluding carboxylic acids is 2. The molecule has 5 nitrogen and oxygen atoms in total. The monoisotopic (exact) mass is 220 g/mol. The van der Waals surface area contributed by atoms with E-state index in [9.17, 15) is 14.0 Å². The van der Waals surface area contributed by atoms with Crippen LogP contribution in [0.4, 0.5) is 4.39 Å². The molecule has 0 aromatic heterocycles. The lowest BCUT2D eigenvalue weighted by molar-refractivity contribution is -0.201. The van der Waals surface area contributed by atoms with Gasteiger partial charge in [-0.25, -0.2) is 4.39 Å². The van der Waals surface area contributed by atoms with Crippen LogP contribution in [0.1, 0.15) is 20.3 Å². The normalized spacial score (nSPS) is 30.7. The van der Waals surface area contributed by atoms with Crippen molar-refractivity contribution in [2.24, 2.45) is 0 Å². The molecule has 0 aromatic carbocycles. The average molecular weight is 220 g/mol. The molecule has 0 aliphatic carbocycles. The molecule has 0 saturated carbocycles. The smallest absolute Gasteiger partial charge is 0.303 e. The molecule has 0 unspecified atom stereocenters. The van der Waals surface area contributed by atoms with E-state index in [4.69, 9.17) is 9.47 Å². The maximum absolute atomic E-state index is 12.8. The number of halogens is 1. The standard InChI is InChI=1S/C9H13FO5/c1-5(11)14-7-3-9(10)13-4-8(7)15-6(2)12/h7-9H,3-4H2,1-2H3/t7-,8+,9+/m0/s1. The van der Waals surface area contributed by atoms with Crippen LogP contribution in [-0.2, 0) is 23.8 Å². The van der Waals surface area contributed by atoms with Crippen molar-refractivity contribution >= 4 is 11.9 Å². The van der Waals surface area contributed by atoms with Crippen molar-refractivity contribution < 1.29 is 28.2 Å². The highest BCUT2D eigenvalue weighted by molar-refractivity contribution is 5.67. The van der Waals surface area contributed by atoms with E-state index >= 15 is 0 Å². The Morgan fingerprint density at radius 2 is 1.73 bits per heavy atom. The van der Waals surface area contributed by atoms with Gasteiger partial charge in [0.05, 0.1) is 6.61 Å². The fourth-order valence-corrected chi connectivity index (χ4v) is 1.37. The molecule has 86 valence electrons. The van der Waals surface area contributed by atoms with E-state index in [1.807, 2.05) is 0 Å². The predicted octanol–water partition coefficient (Wildman–Crippen LogP) is 0.566. The summed E-state index contributed by atoms with van der Waals surface area (Å²) in [6, 6.07) is 0. The van der Waals surface area contributed by atoms with Gasteiger partial charge < -0.3 is 14.2 Å². The van der Waals surface area contributed by atoms with E-state index in [1.165, 1.54) is 13.8 Å². The van der Waals surface area contributed by atoms with Gasteiger partial charge in [-0.15, -0.1) is 0 Å². The average Bonchev–Trinajstić information content (AvgIpc) is 2.08. The zero-order valence-corrected chi connectivity index (χ0v) is 8.57. The molecule has 1 heterocycles. The van der Waals surface area contributed by atoms with Crippen molar-refractivity contribution in [3.63, 3.8) is 0 Å². The highest BCUT2D eigenvalue weighted by Crippen LogP contribution is 2.21. The SMILES string of the molecule is CC(=O)O[C@H]1C[C@H](F)OC[C@H]1OC(C)=O. The minimum Gasteiger partial charge on any atom is -0.458 e. The Morgan fingerprint density at radius 1 is 1.20 bits per heavy atom. The molecular formula is C9H13FO5. The minimum atomic E-state index is -1.49. The van der Waals surface area contributed by atoms with Gasteiger partial charge in [-0.2, -0.15) is 0 Å². The lowest BCUT2D eigenvalue weighted by Gasteiger charge is -2.31. The van der Waals surface area contributed by atoms with Crippen LogP contribution >= 0.6 is 0 Å². The molecule has 1 aliphatic rings. The molecule has 0 bridgehead atoms. The topological polar surface area (TPSA) is 61.8 Å². The van der Waals surface area contributed by atoms with Gasteiger partial charge in [0.1, 0.15) is 6.10 Å². The Labute approximate surface area is 86.5 Å². The molecule has 1 fully saturated rings. The number of carbonyl (C=O) groups is 2. The molecule has 0 spiro atoms. The molecule has 3 atom stereocenters. The molecule has 1 saturated heterocycles. The zero-order valence-electron chi connectivity index (χ0n) is 8.57. The van der Waals surface area contributed by atoms with Crippen LogP contribution in [0.3, 0.4) is 0 Å². The molecule has 1 rings (SSSR count). The van der Waals surface area contributed by atoms with Gasteiger partial charge in [0.15, 0.2) is 6.10 Å². The lowest BCUT2D eigenvalue weighted by Crippen LogP contribution is -2.44. The highest BCUT2D eigenvalue weighted by atomic mass is 19.1. The Bertz CT molecular complexity index is 255. The first-order chi connectivity index (χ1) is 6.99. The van der Waals surface area contributed by atoms with Gasteiger partial charge in [-0.1, -0.05) is 0 Å². The number of hydrogen-bond donors (Lipinski definition) is 0. The Balaban J connectivity index is 2.57. The second-order valence-electron chi connectivity index (χ2n) is 3.27. The summed E-state index contributed by atoms with van der Waals surface area (Å²) in [5.74, 6) is -1.05. The quantitative estimate of drug-likeness (QED) is 0.636. The number of alkyl halides is 1. The molecule has 0 N–H and O–H groups in total. The van der Waals surface area contributed by atoms with Gasteiger partial charge in [-0.05, 0) is 0 Å². The van der Waals surface area contributed by atoms with Crippen LogP contribution in [0, 0.1) is 0 Å². The summed E-state index contributed by atoms with van der Waals surface area (Å²) in [4.78, 5) is 21.4. The van der Waals surface area contributed by atoms with Crippen LogP contribution in [0.25, 0.3) is 0 Å². The van der Waals surface area contributed by atoms with Crippen LogP contribution in [0.5, 0.6) is 0 Å². The van der Waals surface area contributed by atoms with Crippen LogP contribution in [-0.4, -0.2) is 37.1 Å². The van der Waals surface area contributed by atoms with Gasteiger partial charge in [0.25, 0.3) is 0 Å². The van der Waals surface area contributed by atoms with Gasteiger partial charge >= 0.3 is 11.9 Å². The number of hydrogen-bond acceptors (Lipinski definition) is 5. The molecule has 0 amide bonds. The van der Waals surface area contributed by atoms with Gasteiger partial charge in [-0.3, -0.25) is 9.59 Å². The van der Waals surface area contributed by atoms with Crippen molar-refractivity contribution in [3.05, 3.63) is 0 Å². The van der Waals surface area contributed by atoms with E-state index in [0.717, 1.165) is 0 Å². The molecule has 6 heteroatoms. The first kappa shape index (κ1) is 11.9. The second-order valence-corrected chi connectivity index (χ2v) is 3.27. The van der Waals surface area contributed by atoms with Gasteiger partial charge in [0, 0.05) is 20.3 Å². The van der Waals surface area contributed by atoms with Crippen molar-refractivity contribution in [1.82, 2.24) is 0 Å². The fourth-order valence-electron chi connectivity index (χ4n) is 1.37. The van der Waals surface area contributed by atoms with Crippen LogP contribution in [0.2, 0.25) is 0 Å². The first-order valence-electron chi connectivity index (χ1n) is 4.59. The fraction of sp³-hybridized carbons (Fsp3) is 0.778. The van der Waals surface area contributed by atoms with E-state index in [2.05, 4.69) is 4.74 Å². The summed E-state index contributed by atoms with van der Waals surface area (Å²) < 4.78 is 27.2. The maximum atomic E-state index is 12.8. The Morgan fingerprint density at radius 3 is 2.27 bits per heavy atom. The highest BCUT2D eigenvalue weighted by Gasteiger charge is 2.35. The van der Waals surface area contributed by atoms with E-state index in [-0.39, 0.29) is 13.0 Å². The summed E-state index contributed by atoms with van der Waals surface area (Å²) in [6.07, 6.45) is -3.09. The maximum Gasteiger partial charge on any atom is 0.303 e. The molecule has 0 radical (unpaired) electrons. The Hall–Kier alpha value is -1.17. The van der Waals surface area contributed by atoms with E-state index in [1.54, 1.807) is 0 Å². The number of esters is 2. The minimum absolute atomic E-state index is 0.0985. The van der Waals surface area contributed by atoms with E-state index in [0.29, 0.717) is 0 Å². The third kappa shape index (κ3) is 3.83. The summed E-state index contributed by atoms with van der Waals surface area (Å²) >= 11 is 0. The number of ether oxygens (including phenoxy) is 3. The third-order valence-corrected chi connectivity index (χ3v) is 1.91. The van der Waals surface area contributed by atoms with Crippen molar-refractivity contribution in [2.75, 3.05) is 6.61 Å². The summed E-state index contributed by atoms with van der Waals surface area (Å²) in [5.41, 5.74) is 0. The van der Waals surface area contributed by atoms with Crippen LogP contribution in [0.15, 0.2) is 0 Å². The molecule has 1 aliphatic heterocycles. The zero-order chi connectivity index (χ0) is 11.4. The Kier molecular flexibility index (Phi) is 4.02. The largest absolute Gasteiger partial charge is 0.458 e. The molecule has 0 aromatic rings. The van der Waals surface area contributed by atoms with E-state index < -0.39 is 30.5 Å². The number of rotatable bonds is 2. The van der Waals surface area contributed by atoms with Crippen molar-refractivity contribution in [1.29, 1.82) is 0 Å². The van der Waals surface area contributed by atoms with Crippen molar-refractivity contribution in [2.45, 2.75) is 38.8 Å². The predicted molar refractivity (Wildman–Crippen MR) is 46.6 cm³/mol. The first-order valence-corrected chi connectivity index (χ1v) is 4.59. The van der Waals surface area contributed by atoms with Crippen LogP contribution < -0.4 is 0 Å². The second kappa shape index (κ2) is 5.06. The van der Waals surface area contributed by atoms with Crippen molar-refractivity contribution in [3.8, 4) is 0 Å². The molecule has 15 heavy (non-hydrogen) atoms. The third-order valence-electron chi connectivity index (χ3n) is 1.91.